The molecule has 25 heavy (non-hydrogen) atoms. The Balaban J connectivity index is 2.26. The van der Waals surface area contributed by atoms with E-state index in [1.807, 2.05) is 20.8 Å². The SMILES string of the molecule is CC(C)(C)CC[C@H](NC(=O)c1ccnc2c(C(N)=O)cnn12)C(N)=O. The smallest absolute Gasteiger partial charge is 0.270 e. The van der Waals surface area contributed by atoms with E-state index in [0.717, 1.165) is 0 Å². The summed E-state index contributed by atoms with van der Waals surface area (Å²) in [5, 5.41) is 6.59. The highest BCUT2D eigenvalue weighted by Crippen LogP contribution is 2.21. The van der Waals surface area contributed by atoms with Gasteiger partial charge < -0.3 is 16.8 Å². The van der Waals surface area contributed by atoms with Crippen LogP contribution < -0.4 is 16.8 Å². The zero-order valence-corrected chi connectivity index (χ0v) is 14.4. The molecule has 0 aliphatic carbocycles. The molecule has 2 aromatic heterocycles. The van der Waals surface area contributed by atoms with Crippen LogP contribution in [0.4, 0.5) is 0 Å². The largest absolute Gasteiger partial charge is 0.368 e. The van der Waals surface area contributed by atoms with E-state index in [1.54, 1.807) is 0 Å². The van der Waals surface area contributed by atoms with Crippen molar-refractivity contribution >= 4 is 23.4 Å². The van der Waals surface area contributed by atoms with Gasteiger partial charge in [-0.1, -0.05) is 20.8 Å². The average molecular weight is 346 g/mol. The van der Waals surface area contributed by atoms with Crippen LogP contribution in [-0.4, -0.2) is 38.4 Å². The molecule has 0 saturated carbocycles. The first kappa shape index (κ1) is 18.4. The van der Waals surface area contributed by atoms with Crippen molar-refractivity contribution in [1.82, 2.24) is 19.9 Å². The summed E-state index contributed by atoms with van der Waals surface area (Å²) in [5.41, 5.74) is 11.1. The van der Waals surface area contributed by atoms with E-state index in [4.69, 9.17) is 11.5 Å². The van der Waals surface area contributed by atoms with Gasteiger partial charge in [0, 0.05) is 6.20 Å². The van der Waals surface area contributed by atoms with Gasteiger partial charge in [0.1, 0.15) is 17.3 Å². The lowest BCUT2D eigenvalue weighted by molar-refractivity contribution is -0.120. The van der Waals surface area contributed by atoms with Crippen LogP contribution in [0.2, 0.25) is 0 Å². The summed E-state index contributed by atoms with van der Waals surface area (Å²) < 4.78 is 1.21. The van der Waals surface area contributed by atoms with Crippen LogP contribution in [-0.2, 0) is 4.79 Å². The molecule has 0 aliphatic heterocycles. The van der Waals surface area contributed by atoms with Crippen molar-refractivity contribution in [1.29, 1.82) is 0 Å². The molecule has 3 amide bonds. The third-order valence-electron chi connectivity index (χ3n) is 3.73. The highest BCUT2D eigenvalue weighted by atomic mass is 16.2. The van der Waals surface area contributed by atoms with Gasteiger partial charge >= 0.3 is 0 Å². The van der Waals surface area contributed by atoms with Crippen LogP contribution in [0.5, 0.6) is 0 Å². The topological polar surface area (TPSA) is 145 Å². The van der Waals surface area contributed by atoms with Gasteiger partial charge in [-0.3, -0.25) is 14.4 Å². The van der Waals surface area contributed by atoms with Crippen molar-refractivity contribution < 1.29 is 14.4 Å². The lowest BCUT2D eigenvalue weighted by atomic mass is 9.88. The molecule has 2 heterocycles. The number of nitrogens with two attached hydrogens (primary N) is 2. The maximum Gasteiger partial charge on any atom is 0.270 e. The number of amides is 3. The van der Waals surface area contributed by atoms with E-state index in [2.05, 4.69) is 15.4 Å². The summed E-state index contributed by atoms with van der Waals surface area (Å²) in [6.45, 7) is 6.11. The molecule has 0 unspecified atom stereocenters. The lowest BCUT2D eigenvalue weighted by Crippen LogP contribution is -2.45. The first-order chi connectivity index (χ1) is 11.6. The minimum atomic E-state index is -0.805. The maximum atomic E-state index is 12.6. The van der Waals surface area contributed by atoms with Crippen molar-refractivity contribution in [3.63, 3.8) is 0 Å². The number of primary amides is 2. The van der Waals surface area contributed by atoms with Crippen LogP contribution in [0.25, 0.3) is 5.65 Å². The van der Waals surface area contributed by atoms with Crippen molar-refractivity contribution in [3.8, 4) is 0 Å². The molecule has 0 aromatic carbocycles. The number of nitrogens with zero attached hydrogens (tertiary/aromatic N) is 3. The molecule has 0 saturated heterocycles. The van der Waals surface area contributed by atoms with Gasteiger partial charge in [0.2, 0.25) is 5.91 Å². The average Bonchev–Trinajstić information content (AvgIpc) is 2.93. The van der Waals surface area contributed by atoms with E-state index in [9.17, 15) is 14.4 Å². The van der Waals surface area contributed by atoms with Gasteiger partial charge in [0.05, 0.1) is 6.20 Å². The second-order valence-corrected chi connectivity index (χ2v) is 7.02. The molecule has 0 bridgehead atoms. The minimum Gasteiger partial charge on any atom is -0.368 e. The Hall–Kier alpha value is -2.97. The van der Waals surface area contributed by atoms with E-state index < -0.39 is 23.8 Å². The number of hydrogen-bond donors (Lipinski definition) is 3. The van der Waals surface area contributed by atoms with Crippen molar-refractivity contribution in [2.24, 2.45) is 16.9 Å². The fourth-order valence-electron chi connectivity index (χ4n) is 2.33. The summed E-state index contributed by atoms with van der Waals surface area (Å²) in [6, 6.07) is 0.628. The predicted octanol–water partition coefficient (Wildman–Crippen LogP) is 0.238. The fraction of sp³-hybridized carbons (Fsp3) is 0.438. The van der Waals surface area contributed by atoms with Crippen molar-refractivity contribution in [3.05, 3.63) is 29.7 Å². The molecule has 9 nitrogen and oxygen atoms in total. The summed E-state index contributed by atoms with van der Waals surface area (Å²) in [7, 11) is 0. The molecule has 2 rings (SSSR count). The van der Waals surface area contributed by atoms with Crippen molar-refractivity contribution in [2.45, 2.75) is 39.7 Å². The van der Waals surface area contributed by atoms with Crippen LogP contribution >= 0.6 is 0 Å². The van der Waals surface area contributed by atoms with Gasteiger partial charge in [0.15, 0.2) is 5.65 Å². The van der Waals surface area contributed by atoms with Crippen LogP contribution in [0.3, 0.4) is 0 Å². The van der Waals surface area contributed by atoms with Crippen LogP contribution in [0.1, 0.15) is 54.5 Å². The monoisotopic (exact) mass is 346 g/mol. The Morgan fingerprint density at radius 1 is 1.28 bits per heavy atom. The second kappa shape index (κ2) is 6.88. The maximum absolute atomic E-state index is 12.6. The molecule has 9 heteroatoms. The first-order valence-corrected chi connectivity index (χ1v) is 7.83. The molecule has 1 atom stereocenters. The molecule has 5 N–H and O–H groups in total. The third-order valence-corrected chi connectivity index (χ3v) is 3.73. The number of carbonyl (C=O) groups excluding carboxylic acids is 3. The van der Waals surface area contributed by atoms with Gasteiger partial charge in [-0.25, -0.2) is 9.50 Å². The highest BCUT2D eigenvalue weighted by Gasteiger charge is 2.24. The molecule has 0 radical (unpaired) electrons. The number of hydrogen-bond acceptors (Lipinski definition) is 5. The zero-order valence-electron chi connectivity index (χ0n) is 14.4. The van der Waals surface area contributed by atoms with Gasteiger partial charge in [-0.05, 0) is 24.3 Å². The quantitative estimate of drug-likeness (QED) is 0.686. The molecule has 0 fully saturated rings. The van der Waals surface area contributed by atoms with Gasteiger partial charge in [-0.2, -0.15) is 5.10 Å². The van der Waals surface area contributed by atoms with E-state index in [-0.39, 0.29) is 22.3 Å². The van der Waals surface area contributed by atoms with Crippen LogP contribution in [0.15, 0.2) is 18.5 Å². The van der Waals surface area contributed by atoms with E-state index in [0.29, 0.717) is 12.8 Å². The molecule has 134 valence electrons. The predicted molar refractivity (Wildman–Crippen MR) is 90.6 cm³/mol. The fourth-order valence-corrected chi connectivity index (χ4v) is 2.33. The first-order valence-electron chi connectivity index (χ1n) is 7.83. The Labute approximate surface area is 144 Å². The summed E-state index contributed by atoms with van der Waals surface area (Å²) >= 11 is 0. The molecular formula is C16H22N6O3. The lowest BCUT2D eigenvalue weighted by Gasteiger charge is -2.22. The van der Waals surface area contributed by atoms with Crippen LogP contribution in [0, 0.1) is 5.41 Å². The third kappa shape index (κ3) is 4.31. The Kier molecular flexibility index (Phi) is 5.05. The van der Waals surface area contributed by atoms with Gasteiger partial charge in [-0.15, -0.1) is 0 Å². The molecular weight excluding hydrogens is 324 g/mol. The molecule has 0 spiro atoms. The van der Waals surface area contributed by atoms with E-state index in [1.165, 1.54) is 23.0 Å². The van der Waals surface area contributed by atoms with Gasteiger partial charge in [0.25, 0.3) is 11.8 Å². The number of nitrogens with one attached hydrogen (secondary N) is 1. The zero-order chi connectivity index (χ0) is 18.8. The standard InChI is InChI=1S/C16H22N6O3/c1-16(2,3)6-4-10(13(18)24)21-15(25)11-5-7-19-14-9(12(17)23)8-20-22(11)14/h5,7-8,10H,4,6H2,1-3H3,(H2,17,23)(H2,18,24)(H,21,25)/t10-/m0/s1. The summed E-state index contributed by atoms with van der Waals surface area (Å²) in [6.07, 6.45) is 3.74. The Morgan fingerprint density at radius 2 is 1.96 bits per heavy atom. The number of fused-ring (bicyclic) bond motifs is 1. The second-order valence-electron chi connectivity index (χ2n) is 7.02. The normalized spacial score (nSPS) is 12.8. The number of rotatable bonds is 6. The minimum absolute atomic E-state index is 0.000728. The Morgan fingerprint density at radius 3 is 2.52 bits per heavy atom. The number of carbonyl (C=O) groups is 3. The van der Waals surface area contributed by atoms with E-state index >= 15 is 0 Å². The number of aromatic nitrogens is 3. The highest BCUT2D eigenvalue weighted by molar-refractivity contribution is 6.00. The Bertz CT molecular complexity index is 821. The molecule has 0 aliphatic rings. The summed E-state index contributed by atoms with van der Waals surface area (Å²) in [4.78, 5) is 39.6. The van der Waals surface area contributed by atoms with Crippen molar-refractivity contribution in [2.75, 3.05) is 0 Å². The molecule has 2 aromatic rings. The summed E-state index contributed by atoms with van der Waals surface area (Å²) in [5.74, 6) is -1.84.